The summed E-state index contributed by atoms with van der Waals surface area (Å²) in [5.41, 5.74) is -0.692. The van der Waals surface area contributed by atoms with Gasteiger partial charge in [0, 0.05) is 18.1 Å². The Balaban J connectivity index is 1.17. The number of carbonyl (C=O) groups is 1. The molecule has 7 N–H and O–H groups in total. The van der Waals surface area contributed by atoms with E-state index in [2.05, 4.69) is 24.9 Å². The van der Waals surface area contributed by atoms with E-state index in [0.29, 0.717) is 44.2 Å². The maximum Gasteiger partial charge on any atom is 0.195 e. The molecule has 0 aromatic carbocycles. The summed E-state index contributed by atoms with van der Waals surface area (Å²) in [7, 11) is 3.10. The highest BCUT2D eigenvalue weighted by Gasteiger charge is 2.60. The molecule has 270 valence electrons. The Labute approximate surface area is 291 Å². The van der Waals surface area contributed by atoms with Crippen molar-refractivity contribution >= 4 is 33.8 Å². The number of aliphatic imine (C=N–C) groups is 1. The summed E-state index contributed by atoms with van der Waals surface area (Å²) in [6, 6.07) is 0. The third kappa shape index (κ3) is 7.94. The summed E-state index contributed by atoms with van der Waals surface area (Å²) in [4.78, 5) is 16.5. The Bertz CT molecular complexity index is 1150. The van der Waals surface area contributed by atoms with Gasteiger partial charge in [-0.25, -0.2) is 0 Å². The van der Waals surface area contributed by atoms with Gasteiger partial charge in [-0.1, -0.05) is 35.4 Å². The summed E-state index contributed by atoms with van der Waals surface area (Å²) in [5, 5.41) is 59.2. The van der Waals surface area contributed by atoms with Crippen molar-refractivity contribution in [2.75, 3.05) is 31.4 Å². The summed E-state index contributed by atoms with van der Waals surface area (Å²) in [5.74, 6) is 0.640. The molecule has 48 heavy (non-hydrogen) atoms. The number of fused-ring (bicyclic) bond motifs is 2. The van der Waals surface area contributed by atoms with E-state index < -0.39 is 48.4 Å². The molecule has 14 heteroatoms. The van der Waals surface area contributed by atoms with Crippen LogP contribution in [0, 0.1) is 42.1 Å². The fourth-order valence-electron chi connectivity index (χ4n) is 9.05. The van der Waals surface area contributed by atoms with E-state index in [9.17, 15) is 30.3 Å². The Kier molecular flexibility index (Phi) is 12.4. The van der Waals surface area contributed by atoms with Gasteiger partial charge in [0.2, 0.25) is 0 Å². The fourth-order valence-corrected chi connectivity index (χ4v) is 11.1. The van der Waals surface area contributed by atoms with E-state index in [0.717, 1.165) is 31.4 Å². The van der Waals surface area contributed by atoms with Crippen LogP contribution in [0.3, 0.4) is 0 Å². The minimum atomic E-state index is -1.87. The predicted octanol–water partition coefficient (Wildman–Crippen LogP) is -0.461. The summed E-state index contributed by atoms with van der Waals surface area (Å²) < 4.78 is 23.5. The van der Waals surface area contributed by atoms with Crippen LogP contribution < -0.4 is 10.4 Å². The molecule has 12 nitrogen and oxygen atoms in total. The number of carboxylic acid groups (broad SMARTS) is 1. The van der Waals surface area contributed by atoms with Crippen molar-refractivity contribution in [3.05, 3.63) is 18.2 Å². The lowest BCUT2D eigenvalue weighted by Crippen LogP contribution is -2.93. The second-order valence-corrected chi connectivity index (χ2v) is 17.5. The smallest absolute Gasteiger partial charge is 0.195 e. The third-order valence-corrected chi connectivity index (χ3v) is 13.9. The first kappa shape index (κ1) is 36.9. The number of nitrogens with two attached hydrogens (primary N) is 1. The van der Waals surface area contributed by atoms with Crippen molar-refractivity contribution in [1.29, 1.82) is 0 Å². The Morgan fingerprint density at radius 3 is 2.65 bits per heavy atom. The molecule has 3 saturated heterocycles. The molecule has 0 spiro atoms. The minimum Gasteiger partial charge on any atom is -0.547 e. The van der Waals surface area contributed by atoms with Gasteiger partial charge in [-0.3, -0.25) is 0 Å². The van der Waals surface area contributed by atoms with Crippen LogP contribution in [0.15, 0.2) is 16.6 Å². The average molecular weight is 715 g/mol. The Morgan fingerprint density at radius 2 is 1.94 bits per heavy atom. The van der Waals surface area contributed by atoms with Gasteiger partial charge in [0.15, 0.2) is 30.8 Å². The molecule has 0 bridgehead atoms. The molecule has 6 aliphatic rings. The SMILES string of the molecule is CC(C)[C@H]1C[NH2+]C[C@@]2(O)[C@H](OC3CCC4C(C3)[OH+]CC(C3CCC(O)CC3)C4O)O[C@H](C(=O)[O-])[C@@H](O)[C@@H]2OCSSC[C@H]1C1=C[CH+]N=C1. The zero-order chi connectivity index (χ0) is 34.0. The summed E-state index contributed by atoms with van der Waals surface area (Å²) in [6.45, 7) is 7.51. The molecule has 12 atom stereocenters. The van der Waals surface area contributed by atoms with Gasteiger partial charge >= 0.3 is 0 Å². The lowest BCUT2D eigenvalue weighted by atomic mass is 9.69. The number of nitrogens with zero attached hydrogens (tertiary/aromatic N) is 1. The maximum atomic E-state index is 12.4. The number of aliphatic hydroxyl groups excluding tert-OH is 3. The number of carboxylic acids is 1. The second-order valence-electron chi connectivity index (χ2n) is 15.0. The number of aliphatic hydroxyl groups is 6. The van der Waals surface area contributed by atoms with E-state index >= 15 is 0 Å². The molecule has 6 rings (SSSR count). The zero-order valence-electron chi connectivity index (χ0n) is 27.9. The lowest BCUT2D eigenvalue weighted by Gasteiger charge is -2.50. The van der Waals surface area contributed by atoms with Crippen LogP contribution in [0.1, 0.15) is 58.8 Å². The topological polar surface area (TPSA) is 191 Å². The molecular weight excluding hydrogens is 661 g/mol. The van der Waals surface area contributed by atoms with Crippen LogP contribution in [-0.2, 0) is 19.0 Å². The van der Waals surface area contributed by atoms with Crippen molar-refractivity contribution in [3.63, 3.8) is 0 Å². The fraction of sp³-hybridized carbons (Fsp3) is 0.853. The molecule has 2 saturated carbocycles. The van der Waals surface area contributed by atoms with Crippen molar-refractivity contribution in [1.82, 2.24) is 0 Å². The van der Waals surface area contributed by atoms with Gasteiger partial charge in [-0.15, -0.1) is 4.99 Å². The first-order valence-electron chi connectivity index (χ1n) is 17.8. The molecule has 5 unspecified atom stereocenters. The monoisotopic (exact) mass is 714 g/mol. The molecular formula is C34H54N2O10S2+2. The number of carbonyl (C=O) groups excluding carboxylic acids is 1. The zero-order valence-corrected chi connectivity index (χ0v) is 29.6. The number of hydrogen-bond donors (Lipinski definition) is 5. The normalized spacial score (nSPS) is 46.0. The number of quaternary nitrogens is 1. The van der Waals surface area contributed by atoms with E-state index in [1.165, 1.54) is 16.4 Å². The predicted molar refractivity (Wildman–Crippen MR) is 179 cm³/mol. The van der Waals surface area contributed by atoms with E-state index in [1.54, 1.807) is 10.8 Å². The maximum absolute atomic E-state index is 12.4. The summed E-state index contributed by atoms with van der Waals surface area (Å²) in [6.07, 6.45) is 1.78. The van der Waals surface area contributed by atoms with Crippen LogP contribution in [-0.4, -0.2) is 123 Å². The first-order valence-corrected chi connectivity index (χ1v) is 20.2. The van der Waals surface area contributed by atoms with Gasteiger partial charge in [0.05, 0.1) is 54.7 Å². The second kappa shape index (κ2) is 16.2. The van der Waals surface area contributed by atoms with Crippen molar-refractivity contribution in [2.24, 2.45) is 40.5 Å². The molecule has 0 amide bonds. The van der Waals surface area contributed by atoms with Crippen LogP contribution in [0.2, 0.25) is 0 Å². The molecule has 0 aromatic heterocycles. The number of allylic oxidation sites excluding steroid dienone is 1. The molecule has 4 heterocycles. The minimum absolute atomic E-state index is 0.00224. The van der Waals surface area contributed by atoms with Gasteiger partial charge in [0.25, 0.3) is 0 Å². The van der Waals surface area contributed by atoms with Crippen molar-refractivity contribution in [3.8, 4) is 0 Å². The molecule has 4 aliphatic heterocycles. The third-order valence-electron chi connectivity index (χ3n) is 11.9. The highest BCUT2D eigenvalue weighted by atomic mass is 33.1. The molecule has 5 fully saturated rings. The van der Waals surface area contributed by atoms with E-state index in [4.69, 9.17) is 18.9 Å². The average Bonchev–Trinajstić information content (AvgIpc) is 3.59. The number of ether oxygens (including phenoxy) is 4. The molecule has 2 aliphatic carbocycles. The van der Waals surface area contributed by atoms with E-state index in [-0.39, 0.29) is 48.4 Å². The van der Waals surface area contributed by atoms with Crippen LogP contribution >= 0.6 is 21.6 Å². The van der Waals surface area contributed by atoms with Gasteiger partial charge < -0.3 is 54.6 Å². The Morgan fingerprint density at radius 1 is 1.15 bits per heavy atom. The lowest BCUT2D eigenvalue weighted by molar-refractivity contribution is -0.681. The summed E-state index contributed by atoms with van der Waals surface area (Å²) >= 11 is 0. The van der Waals surface area contributed by atoms with Gasteiger partial charge in [0.1, 0.15) is 42.9 Å². The standard InChI is InChI=1S/C34H52N2O10S2/c1-18(2)24-13-36-16-34(42)31(44-17-48-47-15-26(24)20-9-10-35-12-20)29(39)30(32(40)41)46-33(34)45-22-7-8-23-27(11-22)43-14-25(28(23)38)19-3-5-21(37)6-4-19/h9-10,12,18-19,21-31,33,36-39,42H,3-8,11,13-17H2,1-2H3/p+2/t19?,21?,22?,23?,24-,25?,26+,27?,28?,29-,30+,31+,33-,34+/m1/s1. The van der Waals surface area contributed by atoms with Crippen molar-refractivity contribution < 1.29 is 54.6 Å². The number of aliphatic carboxylic acids is 1. The van der Waals surface area contributed by atoms with Crippen LogP contribution in [0.4, 0.5) is 0 Å². The molecule has 0 aromatic rings. The highest BCUT2D eigenvalue weighted by Crippen LogP contribution is 2.44. The largest absolute Gasteiger partial charge is 0.547 e. The Hall–Kier alpha value is -0.910. The quantitative estimate of drug-likeness (QED) is 0.136. The van der Waals surface area contributed by atoms with Crippen molar-refractivity contribution in [2.45, 2.75) is 113 Å². The van der Waals surface area contributed by atoms with Gasteiger partial charge in [-0.2, -0.15) is 0 Å². The van der Waals surface area contributed by atoms with Crippen LogP contribution in [0.5, 0.6) is 0 Å². The van der Waals surface area contributed by atoms with Crippen LogP contribution in [0.25, 0.3) is 0 Å². The number of hydrogen-bond acceptors (Lipinski definition) is 12. The number of rotatable bonds is 6. The first-order chi connectivity index (χ1) is 23.1. The van der Waals surface area contributed by atoms with E-state index in [1.807, 2.05) is 18.1 Å². The highest BCUT2D eigenvalue weighted by molar-refractivity contribution is 8.76. The van der Waals surface area contributed by atoms with Gasteiger partial charge in [-0.05, 0) is 50.4 Å². The molecule has 0 radical (unpaired) electrons.